The summed E-state index contributed by atoms with van der Waals surface area (Å²) in [7, 11) is 0. The molecule has 3 unspecified atom stereocenters. The Hall–Kier alpha value is -3.22. The first-order valence-corrected chi connectivity index (χ1v) is 10.1. The lowest BCUT2D eigenvalue weighted by Gasteiger charge is -2.50. The minimum absolute atomic E-state index is 0.0518. The summed E-state index contributed by atoms with van der Waals surface area (Å²) in [5.41, 5.74) is 2.50. The molecule has 1 aromatic carbocycles. The van der Waals surface area contributed by atoms with Crippen molar-refractivity contribution < 1.29 is 4.79 Å². The van der Waals surface area contributed by atoms with Crippen LogP contribution in [-0.4, -0.2) is 49.4 Å². The van der Waals surface area contributed by atoms with Crippen LogP contribution in [0.3, 0.4) is 0 Å². The van der Waals surface area contributed by atoms with Gasteiger partial charge in [0.25, 0.3) is 5.91 Å². The number of nitrogens with one attached hydrogen (secondary N) is 1. The molecule has 0 spiro atoms. The molecule has 2 aliphatic heterocycles. The van der Waals surface area contributed by atoms with E-state index in [0.717, 1.165) is 30.8 Å². The lowest BCUT2D eigenvalue weighted by atomic mass is 9.76. The van der Waals surface area contributed by atoms with Gasteiger partial charge in [0.05, 0.1) is 29.7 Å². The maximum absolute atomic E-state index is 13.6. The number of para-hydroxylation sites is 1. The Kier molecular flexibility index (Phi) is 4.50. The lowest BCUT2D eigenvalue weighted by molar-refractivity contribution is 0.0281. The van der Waals surface area contributed by atoms with Crippen molar-refractivity contribution in [3.05, 3.63) is 66.1 Å². The topological polar surface area (TPSA) is 75.9 Å². The molecule has 4 heterocycles. The molecule has 3 atom stereocenters. The molecule has 2 saturated heterocycles. The third kappa shape index (κ3) is 3.37. The summed E-state index contributed by atoms with van der Waals surface area (Å²) in [6, 6.07) is 12.0. The third-order valence-corrected chi connectivity index (χ3v) is 6.05. The van der Waals surface area contributed by atoms with Gasteiger partial charge in [0, 0.05) is 18.8 Å². The van der Waals surface area contributed by atoms with Crippen LogP contribution in [0.1, 0.15) is 35.2 Å². The van der Waals surface area contributed by atoms with Crippen LogP contribution in [0, 0.1) is 12.8 Å². The number of piperidine rings is 2. The predicted octanol–water partition coefficient (Wildman–Crippen LogP) is 3.08. The molecule has 148 valence electrons. The van der Waals surface area contributed by atoms with E-state index in [9.17, 15) is 4.79 Å². The van der Waals surface area contributed by atoms with E-state index in [0.29, 0.717) is 17.2 Å². The Morgan fingerprint density at radius 1 is 1.10 bits per heavy atom. The van der Waals surface area contributed by atoms with Crippen molar-refractivity contribution in [3.8, 4) is 5.69 Å². The van der Waals surface area contributed by atoms with Crippen molar-refractivity contribution in [2.75, 3.05) is 11.9 Å². The zero-order valence-electron chi connectivity index (χ0n) is 16.4. The molecule has 3 fully saturated rings. The average molecular weight is 388 g/mol. The number of carbonyl (C=O) groups excluding carboxylic acids is 1. The standard InChI is InChI=1S/C22H24N6O/c1-15-6-9-21(23-13-15)26-18-12-16-7-8-20(18)27(14-16)22(29)17-4-2-3-5-19(17)28-24-10-11-25-28/h2-6,9-11,13,16,18,20H,7-8,12,14H2,1H3,(H,23,26). The number of hydrogen-bond donors (Lipinski definition) is 1. The van der Waals surface area contributed by atoms with Crippen molar-refractivity contribution in [1.82, 2.24) is 24.9 Å². The van der Waals surface area contributed by atoms with E-state index < -0.39 is 0 Å². The number of benzene rings is 1. The molecule has 7 heteroatoms. The number of nitrogens with zero attached hydrogens (tertiary/aromatic N) is 5. The van der Waals surface area contributed by atoms with Crippen LogP contribution in [0.2, 0.25) is 0 Å². The molecule has 6 rings (SSSR count). The highest BCUT2D eigenvalue weighted by molar-refractivity contribution is 5.98. The molecule has 2 bridgehead atoms. The Balaban J connectivity index is 1.41. The number of carbonyl (C=O) groups is 1. The largest absolute Gasteiger partial charge is 0.365 e. The first kappa shape index (κ1) is 17.8. The van der Waals surface area contributed by atoms with E-state index in [1.54, 1.807) is 12.4 Å². The highest BCUT2D eigenvalue weighted by atomic mass is 16.2. The molecule has 7 nitrogen and oxygen atoms in total. The smallest absolute Gasteiger partial charge is 0.256 e. The minimum Gasteiger partial charge on any atom is -0.365 e. The number of hydrogen-bond acceptors (Lipinski definition) is 5. The zero-order chi connectivity index (χ0) is 19.8. The van der Waals surface area contributed by atoms with Crippen molar-refractivity contribution in [1.29, 1.82) is 0 Å². The Morgan fingerprint density at radius 3 is 2.69 bits per heavy atom. The van der Waals surface area contributed by atoms with Gasteiger partial charge >= 0.3 is 0 Å². The summed E-state index contributed by atoms with van der Waals surface area (Å²) in [5.74, 6) is 1.44. The third-order valence-electron chi connectivity index (χ3n) is 6.05. The molecule has 0 radical (unpaired) electrons. The minimum atomic E-state index is 0.0518. The van der Waals surface area contributed by atoms with Gasteiger partial charge in [0.1, 0.15) is 5.82 Å². The molecule has 3 aromatic rings. The molecule has 1 aliphatic carbocycles. The van der Waals surface area contributed by atoms with Gasteiger partial charge in [-0.15, -0.1) is 0 Å². The van der Waals surface area contributed by atoms with Gasteiger partial charge in [-0.2, -0.15) is 15.0 Å². The van der Waals surface area contributed by atoms with Crippen LogP contribution >= 0.6 is 0 Å². The molecule has 1 amide bonds. The second-order valence-electron chi connectivity index (χ2n) is 8.01. The van der Waals surface area contributed by atoms with E-state index >= 15 is 0 Å². The average Bonchev–Trinajstić information content (AvgIpc) is 3.30. The molecule has 1 saturated carbocycles. The maximum atomic E-state index is 13.6. The number of rotatable bonds is 4. The van der Waals surface area contributed by atoms with Gasteiger partial charge < -0.3 is 10.2 Å². The van der Waals surface area contributed by atoms with Crippen LogP contribution < -0.4 is 5.32 Å². The number of aryl methyl sites for hydroxylation is 1. The van der Waals surface area contributed by atoms with Gasteiger partial charge in [-0.3, -0.25) is 4.79 Å². The van der Waals surface area contributed by atoms with Crippen molar-refractivity contribution >= 4 is 11.7 Å². The molecular weight excluding hydrogens is 364 g/mol. The number of pyridine rings is 1. The molecular formula is C22H24N6O. The SMILES string of the molecule is Cc1ccc(NC2CC3CCC2N(C(=O)c2ccccc2-n2nccn2)C3)nc1. The molecule has 1 N–H and O–H groups in total. The normalized spacial score (nSPS) is 23.2. The summed E-state index contributed by atoms with van der Waals surface area (Å²) in [6.07, 6.45) is 8.39. The predicted molar refractivity (Wildman–Crippen MR) is 110 cm³/mol. The maximum Gasteiger partial charge on any atom is 0.256 e. The van der Waals surface area contributed by atoms with Crippen LogP contribution in [-0.2, 0) is 0 Å². The van der Waals surface area contributed by atoms with Gasteiger partial charge in [0.2, 0.25) is 0 Å². The highest BCUT2D eigenvalue weighted by Crippen LogP contribution is 2.37. The highest BCUT2D eigenvalue weighted by Gasteiger charge is 2.43. The second-order valence-corrected chi connectivity index (χ2v) is 8.01. The zero-order valence-corrected chi connectivity index (χ0v) is 16.4. The summed E-state index contributed by atoms with van der Waals surface area (Å²) in [6.45, 7) is 2.84. The van der Waals surface area contributed by atoms with Crippen LogP contribution in [0.4, 0.5) is 5.82 Å². The van der Waals surface area contributed by atoms with Crippen LogP contribution in [0.25, 0.3) is 5.69 Å². The quantitative estimate of drug-likeness (QED) is 0.743. The summed E-state index contributed by atoms with van der Waals surface area (Å²) >= 11 is 0. The lowest BCUT2D eigenvalue weighted by Crippen LogP contribution is -2.59. The van der Waals surface area contributed by atoms with Crippen LogP contribution in [0.5, 0.6) is 0 Å². The monoisotopic (exact) mass is 388 g/mol. The number of aromatic nitrogens is 4. The summed E-state index contributed by atoms with van der Waals surface area (Å²) in [5, 5.41) is 12.0. The van der Waals surface area contributed by atoms with Gasteiger partial charge in [0.15, 0.2) is 0 Å². The summed E-state index contributed by atoms with van der Waals surface area (Å²) in [4.78, 5) is 21.6. The fraction of sp³-hybridized carbons (Fsp3) is 0.364. The fourth-order valence-electron chi connectivity index (χ4n) is 4.65. The van der Waals surface area contributed by atoms with E-state index in [1.165, 1.54) is 11.2 Å². The van der Waals surface area contributed by atoms with E-state index in [-0.39, 0.29) is 18.0 Å². The number of anilines is 1. The van der Waals surface area contributed by atoms with E-state index in [4.69, 9.17) is 0 Å². The first-order valence-electron chi connectivity index (χ1n) is 10.1. The van der Waals surface area contributed by atoms with Crippen LogP contribution in [0.15, 0.2) is 55.0 Å². The van der Waals surface area contributed by atoms with Gasteiger partial charge in [-0.05, 0) is 55.9 Å². The second kappa shape index (κ2) is 7.31. The Morgan fingerprint density at radius 2 is 1.93 bits per heavy atom. The first-order chi connectivity index (χ1) is 14.2. The van der Waals surface area contributed by atoms with Gasteiger partial charge in [-0.25, -0.2) is 4.98 Å². The van der Waals surface area contributed by atoms with Crippen molar-refractivity contribution in [3.63, 3.8) is 0 Å². The summed E-state index contributed by atoms with van der Waals surface area (Å²) < 4.78 is 0. The Bertz CT molecular complexity index is 1000. The Labute approximate surface area is 169 Å². The molecule has 29 heavy (non-hydrogen) atoms. The van der Waals surface area contributed by atoms with E-state index in [2.05, 4.69) is 26.6 Å². The molecule has 3 aliphatic rings. The van der Waals surface area contributed by atoms with Crippen molar-refractivity contribution in [2.24, 2.45) is 5.92 Å². The fourth-order valence-corrected chi connectivity index (χ4v) is 4.65. The van der Waals surface area contributed by atoms with Gasteiger partial charge in [-0.1, -0.05) is 18.2 Å². The van der Waals surface area contributed by atoms with Crippen molar-refractivity contribution in [2.45, 2.75) is 38.3 Å². The van der Waals surface area contributed by atoms with E-state index in [1.807, 2.05) is 48.4 Å². The number of fused-ring (bicyclic) bond motifs is 3. The molecule has 2 aromatic heterocycles. The number of amides is 1.